The Labute approximate surface area is 235 Å². The van der Waals surface area contributed by atoms with Crippen LogP contribution in [0, 0.1) is 22.7 Å². The lowest BCUT2D eigenvalue weighted by atomic mass is 10.1. The topological polar surface area (TPSA) is 148 Å². The van der Waals surface area contributed by atoms with Crippen LogP contribution in [0.1, 0.15) is 33.3 Å². The molecule has 5 rings (SSSR count). The van der Waals surface area contributed by atoms with Crippen LogP contribution in [0.5, 0.6) is 0 Å². The molecule has 1 atom stereocenters. The Morgan fingerprint density at radius 1 is 1.12 bits per heavy atom. The van der Waals surface area contributed by atoms with Gasteiger partial charge in [-0.05, 0) is 52.0 Å². The second-order valence-electron chi connectivity index (χ2n) is 10.4. The van der Waals surface area contributed by atoms with E-state index in [1.54, 1.807) is 28.6 Å². The number of rotatable bonds is 5. The van der Waals surface area contributed by atoms with E-state index in [0.29, 0.717) is 48.1 Å². The van der Waals surface area contributed by atoms with Crippen molar-refractivity contribution in [2.45, 2.75) is 39.3 Å². The number of pyridine rings is 1. The summed E-state index contributed by atoms with van der Waals surface area (Å²) in [4.78, 5) is 20.9. The first-order chi connectivity index (χ1) is 19.1. The van der Waals surface area contributed by atoms with E-state index >= 15 is 0 Å². The van der Waals surface area contributed by atoms with E-state index in [1.807, 2.05) is 39.0 Å². The van der Waals surface area contributed by atoms with Crippen LogP contribution in [0.25, 0.3) is 27.5 Å². The number of aromatic nitrogens is 5. The highest BCUT2D eigenvalue weighted by Crippen LogP contribution is 2.36. The maximum atomic E-state index is 12.4. The summed E-state index contributed by atoms with van der Waals surface area (Å²) in [5.74, 6) is 0. The van der Waals surface area contributed by atoms with E-state index in [2.05, 4.69) is 42.6 Å². The minimum atomic E-state index is -0.535. The first-order valence-corrected chi connectivity index (χ1v) is 13.6. The molecule has 13 heteroatoms. The molecule has 1 fully saturated rings. The number of anilines is 2. The second kappa shape index (κ2) is 10.8. The average molecular weight is 557 g/mol. The van der Waals surface area contributed by atoms with Gasteiger partial charge in [0, 0.05) is 38.1 Å². The van der Waals surface area contributed by atoms with E-state index in [4.69, 9.17) is 4.74 Å². The first kappa shape index (κ1) is 26.8. The summed E-state index contributed by atoms with van der Waals surface area (Å²) in [7, 11) is 0. The molecule has 0 aliphatic carbocycles. The minimum Gasteiger partial charge on any atom is -0.444 e. The SMILES string of the molecule is C[C@H](C#N)Nc1cc(-c2ccc3cc(C#N)cnn23)ncc1-c1nnc(N2CCN(C(=O)OC(C)(C)C)CC2)s1. The Bertz CT molecular complexity index is 1630. The van der Waals surface area contributed by atoms with E-state index < -0.39 is 11.6 Å². The van der Waals surface area contributed by atoms with Crippen LogP contribution in [0.15, 0.2) is 36.7 Å². The molecule has 0 saturated carbocycles. The van der Waals surface area contributed by atoms with E-state index in [9.17, 15) is 15.3 Å². The predicted molar refractivity (Wildman–Crippen MR) is 151 cm³/mol. The molecule has 40 heavy (non-hydrogen) atoms. The maximum absolute atomic E-state index is 12.4. The number of nitrogens with one attached hydrogen (secondary N) is 1. The van der Waals surface area contributed by atoms with Crippen molar-refractivity contribution in [2.24, 2.45) is 0 Å². The lowest BCUT2D eigenvalue weighted by molar-refractivity contribution is 0.0240. The number of nitriles is 2. The van der Waals surface area contributed by atoms with Gasteiger partial charge in [-0.3, -0.25) is 4.98 Å². The highest BCUT2D eigenvalue weighted by atomic mass is 32.1. The minimum absolute atomic E-state index is 0.310. The summed E-state index contributed by atoms with van der Waals surface area (Å²) in [5, 5.41) is 36.5. The summed E-state index contributed by atoms with van der Waals surface area (Å²) in [6.45, 7) is 9.63. The fourth-order valence-corrected chi connectivity index (χ4v) is 5.18. The molecule has 204 valence electrons. The largest absolute Gasteiger partial charge is 0.444 e. The molecule has 0 bridgehead atoms. The second-order valence-corrected chi connectivity index (χ2v) is 11.3. The van der Waals surface area contributed by atoms with Gasteiger partial charge in [-0.1, -0.05) is 11.3 Å². The maximum Gasteiger partial charge on any atom is 0.410 e. The van der Waals surface area contributed by atoms with Crippen molar-refractivity contribution in [1.82, 2.24) is 29.7 Å². The molecule has 1 N–H and O–H groups in total. The Hall–Kier alpha value is -4.75. The summed E-state index contributed by atoms with van der Waals surface area (Å²) in [6.07, 6.45) is 2.92. The molecular weight excluding hydrogens is 528 g/mol. The van der Waals surface area contributed by atoms with Crippen LogP contribution in [-0.2, 0) is 4.74 Å². The van der Waals surface area contributed by atoms with Crippen molar-refractivity contribution in [3.05, 3.63) is 42.2 Å². The highest BCUT2D eigenvalue weighted by molar-refractivity contribution is 7.18. The average Bonchev–Trinajstić information content (AvgIpc) is 3.59. The van der Waals surface area contributed by atoms with Gasteiger partial charge in [-0.15, -0.1) is 10.2 Å². The first-order valence-electron chi connectivity index (χ1n) is 12.8. The molecule has 0 unspecified atom stereocenters. The molecule has 4 aromatic rings. The van der Waals surface area contributed by atoms with Crippen LogP contribution in [0.4, 0.5) is 15.6 Å². The van der Waals surface area contributed by atoms with Crippen molar-refractivity contribution in [3.63, 3.8) is 0 Å². The zero-order chi connectivity index (χ0) is 28.4. The molecule has 1 amide bonds. The van der Waals surface area contributed by atoms with Gasteiger partial charge >= 0.3 is 6.09 Å². The Morgan fingerprint density at radius 2 is 1.90 bits per heavy atom. The van der Waals surface area contributed by atoms with Crippen molar-refractivity contribution in [2.75, 3.05) is 36.4 Å². The lowest BCUT2D eigenvalue weighted by Crippen LogP contribution is -2.50. The molecule has 1 aliphatic rings. The van der Waals surface area contributed by atoms with Gasteiger partial charge in [-0.2, -0.15) is 15.6 Å². The Kier molecular flexibility index (Phi) is 7.24. The van der Waals surface area contributed by atoms with Crippen LogP contribution >= 0.6 is 11.3 Å². The number of nitrogens with zero attached hydrogens (tertiary/aromatic N) is 9. The molecule has 0 spiro atoms. The molecular formula is C27H28N10O2S. The third-order valence-electron chi connectivity index (χ3n) is 6.21. The molecule has 0 radical (unpaired) electrons. The van der Waals surface area contributed by atoms with Gasteiger partial charge < -0.3 is 19.9 Å². The number of carbonyl (C=O) groups excluding carboxylic acids is 1. The lowest BCUT2D eigenvalue weighted by Gasteiger charge is -2.35. The Morgan fingerprint density at radius 3 is 2.60 bits per heavy atom. The number of amides is 1. The smallest absolute Gasteiger partial charge is 0.410 e. The number of ether oxygens (including phenoxy) is 1. The van der Waals surface area contributed by atoms with Gasteiger partial charge in [-0.25, -0.2) is 9.31 Å². The van der Waals surface area contributed by atoms with Gasteiger partial charge in [0.1, 0.15) is 17.7 Å². The fraction of sp³-hybridized carbons (Fsp3) is 0.370. The normalized spacial score (nSPS) is 14.4. The summed E-state index contributed by atoms with van der Waals surface area (Å²) < 4.78 is 7.22. The van der Waals surface area contributed by atoms with E-state index in [-0.39, 0.29) is 6.09 Å². The summed E-state index contributed by atoms with van der Waals surface area (Å²) >= 11 is 1.43. The van der Waals surface area contributed by atoms with Crippen molar-refractivity contribution in [3.8, 4) is 34.1 Å². The van der Waals surface area contributed by atoms with Crippen molar-refractivity contribution in [1.29, 1.82) is 10.5 Å². The number of carbonyl (C=O) groups is 1. The number of hydrogen-bond donors (Lipinski definition) is 1. The number of hydrogen-bond acceptors (Lipinski definition) is 11. The number of fused-ring (bicyclic) bond motifs is 1. The molecule has 4 aromatic heterocycles. The number of piperazine rings is 1. The quantitative estimate of drug-likeness (QED) is 0.380. The molecule has 12 nitrogen and oxygen atoms in total. The monoisotopic (exact) mass is 556 g/mol. The van der Waals surface area contributed by atoms with Gasteiger partial charge in [0.05, 0.1) is 40.3 Å². The van der Waals surface area contributed by atoms with E-state index in [1.165, 1.54) is 17.5 Å². The van der Waals surface area contributed by atoms with Gasteiger partial charge in [0.2, 0.25) is 5.13 Å². The molecule has 0 aromatic carbocycles. The summed E-state index contributed by atoms with van der Waals surface area (Å²) in [5.41, 5.74) is 3.54. The Balaban J connectivity index is 1.39. The third kappa shape index (κ3) is 5.65. The van der Waals surface area contributed by atoms with Gasteiger partial charge in [0.15, 0.2) is 5.01 Å². The van der Waals surface area contributed by atoms with Crippen LogP contribution < -0.4 is 10.2 Å². The van der Waals surface area contributed by atoms with E-state index in [0.717, 1.165) is 21.9 Å². The molecule has 5 heterocycles. The molecule has 1 saturated heterocycles. The van der Waals surface area contributed by atoms with Crippen LogP contribution in [0.2, 0.25) is 0 Å². The zero-order valence-electron chi connectivity index (χ0n) is 22.6. The fourth-order valence-electron chi connectivity index (χ4n) is 4.26. The predicted octanol–water partition coefficient (Wildman–Crippen LogP) is 4.17. The van der Waals surface area contributed by atoms with Gasteiger partial charge in [0.25, 0.3) is 0 Å². The zero-order valence-corrected chi connectivity index (χ0v) is 23.4. The standard InChI is InChI=1S/C27H28N10O2S/c1-17(13-28)32-21-12-22(23-6-5-19-11-18(14-29)15-31-37(19)23)30-16-20(21)24-33-34-25(40-24)35-7-9-36(10-8-35)26(38)39-27(2,3)4/h5-6,11-12,15-17H,7-10H2,1-4H3,(H,30,32)/t17-/m1/s1. The van der Waals surface area contributed by atoms with Crippen molar-refractivity contribution >= 4 is 33.8 Å². The van der Waals surface area contributed by atoms with Crippen LogP contribution in [-0.4, -0.2) is 73.6 Å². The van der Waals surface area contributed by atoms with Crippen LogP contribution in [0.3, 0.4) is 0 Å². The molecule has 1 aliphatic heterocycles. The highest BCUT2D eigenvalue weighted by Gasteiger charge is 2.27. The summed E-state index contributed by atoms with van der Waals surface area (Å²) in [6, 6.07) is 11.3. The third-order valence-corrected chi connectivity index (χ3v) is 7.23. The van der Waals surface area contributed by atoms with Crippen molar-refractivity contribution < 1.29 is 9.53 Å².